The van der Waals surface area contributed by atoms with Crippen LogP contribution in [0.5, 0.6) is 0 Å². The number of ether oxygens (including phenoxy) is 1. The molecule has 0 aliphatic carbocycles. The predicted molar refractivity (Wildman–Crippen MR) is 85.2 cm³/mol. The third-order valence-corrected chi connectivity index (χ3v) is 5.08. The van der Waals surface area contributed by atoms with Crippen LogP contribution in [0.15, 0.2) is 29.2 Å². The number of hydrogen-bond acceptors (Lipinski definition) is 6. The maximum absolute atomic E-state index is 12.2. The first kappa shape index (κ1) is 17.8. The van der Waals surface area contributed by atoms with E-state index in [1.165, 1.54) is 24.3 Å². The van der Waals surface area contributed by atoms with Crippen LogP contribution in [0.2, 0.25) is 0 Å². The molecule has 1 aliphatic rings. The van der Waals surface area contributed by atoms with Crippen LogP contribution >= 0.6 is 0 Å². The number of amides is 1. The average Bonchev–Trinajstić information content (AvgIpc) is 2.59. The van der Waals surface area contributed by atoms with E-state index in [-0.39, 0.29) is 4.90 Å². The molecule has 128 valence electrons. The fraction of sp³-hybridized carbons (Fsp3) is 0.500. The van der Waals surface area contributed by atoms with Gasteiger partial charge in [0.15, 0.2) is 0 Å². The van der Waals surface area contributed by atoms with Crippen molar-refractivity contribution in [1.29, 1.82) is 0 Å². The van der Waals surface area contributed by atoms with Gasteiger partial charge in [0.25, 0.3) is 5.91 Å². The van der Waals surface area contributed by atoms with E-state index in [1.54, 1.807) is 0 Å². The summed E-state index contributed by atoms with van der Waals surface area (Å²) in [6, 6.07) is 5.61. The number of morpholine rings is 1. The van der Waals surface area contributed by atoms with Crippen LogP contribution in [0.25, 0.3) is 0 Å². The number of rotatable bonds is 7. The van der Waals surface area contributed by atoms with Gasteiger partial charge in [0.1, 0.15) is 0 Å². The largest absolute Gasteiger partial charge is 0.379 e. The molecule has 1 aromatic carbocycles. The summed E-state index contributed by atoms with van der Waals surface area (Å²) in [5.41, 5.74) is 2.30. The van der Waals surface area contributed by atoms with Crippen molar-refractivity contribution in [2.75, 3.05) is 39.4 Å². The fourth-order valence-corrected chi connectivity index (χ4v) is 3.36. The van der Waals surface area contributed by atoms with Crippen molar-refractivity contribution in [3.8, 4) is 0 Å². The second kappa shape index (κ2) is 8.37. The molecule has 4 N–H and O–H groups in total. The van der Waals surface area contributed by atoms with Crippen molar-refractivity contribution in [1.82, 2.24) is 15.0 Å². The Morgan fingerprint density at radius 3 is 2.48 bits per heavy atom. The van der Waals surface area contributed by atoms with Gasteiger partial charge in [-0.25, -0.2) is 19.0 Å². The second-order valence-electron chi connectivity index (χ2n) is 5.20. The first-order valence-corrected chi connectivity index (χ1v) is 8.92. The van der Waals surface area contributed by atoms with Crippen molar-refractivity contribution in [2.45, 2.75) is 11.3 Å². The zero-order valence-electron chi connectivity index (χ0n) is 12.8. The highest BCUT2D eigenvalue weighted by Gasteiger charge is 2.15. The Morgan fingerprint density at radius 2 is 1.87 bits per heavy atom. The van der Waals surface area contributed by atoms with Crippen LogP contribution in [0, 0.1) is 0 Å². The van der Waals surface area contributed by atoms with Crippen molar-refractivity contribution in [2.24, 2.45) is 5.84 Å². The van der Waals surface area contributed by atoms with Crippen LogP contribution in [-0.2, 0) is 14.8 Å². The molecule has 0 atom stereocenters. The summed E-state index contributed by atoms with van der Waals surface area (Å²) in [7, 11) is -3.57. The number of nitrogens with zero attached hydrogens (tertiary/aromatic N) is 1. The van der Waals surface area contributed by atoms with Gasteiger partial charge in [0.05, 0.1) is 18.1 Å². The summed E-state index contributed by atoms with van der Waals surface area (Å²) in [6.07, 6.45) is 0.729. The number of nitrogens with two attached hydrogens (primary N) is 1. The molecule has 1 saturated heterocycles. The summed E-state index contributed by atoms with van der Waals surface area (Å²) in [4.78, 5) is 13.7. The smallest absolute Gasteiger partial charge is 0.265 e. The van der Waals surface area contributed by atoms with Crippen LogP contribution in [-0.4, -0.2) is 58.6 Å². The third-order valence-electron chi connectivity index (χ3n) is 3.60. The van der Waals surface area contributed by atoms with Crippen molar-refractivity contribution in [3.05, 3.63) is 29.8 Å². The molecule has 0 spiro atoms. The molecular formula is C14H22N4O4S. The van der Waals surface area contributed by atoms with Crippen LogP contribution in [0.4, 0.5) is 0 Å². The number of benzene rings is 1. The lowest BCUT2D eigenvalue weighted by molar-refractivity contribution is 0.0376. The lowest BCUT2D eigenvalue weighted by atomic mass is 10.2. The Morgan fingerprint density at radius 1 is 1.22 bits per heavy atom. The molecule has 23 heavy (non-hydrogen) atoms. The molecule has 1 heterocycles. The molecule has 1 amide bonds. The number of nitrogens with one attached hydrogen (secondary N) is 2. The van der Waals surface area contributed by atoms with Crippen molar-refractivity contribution in [3.63, 3.8) is 0 Å². The van der Waals surface area contributed by atoms with E-state index in [0.717, 1.165) is 39.3 Å². The Balaban J connectivity index is 1.82. The number of nitrogen functional groups attached to an aromatic ring is 1. The average molecular weight is 342 g/mol. The number of carbonyl (C=O) groups excluding carboxylic acids is 1. The zero-order chi connectivity index (χ0) is 16.7. The standard InChI is InChI=1S/C14H22N4O4S/c15-17-14(19)12-2-4-13(5-3-12)23(20,21)16-6-1-7-18-8-10-22-11-9-18/h2-5,16H,1,6-11,15H2,(H,17,19). The minimum Gasteiger partial charge on any atom is -0.379 e. The molecule has 8 nitrogen and oxygen atoms in total. The van der Waals surface area contributed by atoms with Crippen LogP contribution in [0.1, 0.15) is 16.8 Å². The summed E-state index contributed by atoms with van der Waals surface area (Å²) in [5, 5.41) is 0. The molecule has 0 unspecified atom stereocenters. The summed E-state index contributed by atoms with van der Waals surface area (Å²) in [6.45, 7) is 4.43. The molecule has 0 aromatic heterocycles. The monoisotopic (exact) mass is 342 g/mol. The maximum atomic E-state index is 12.2. The predicted octanol–water partition coefficient (Wildman–Crippen LogP) is -0.709. The Bertz CT molecular complexity index is 612. The van der Waals surface area contributed by atoms with Gasteiger partial charge in [0.2, 0.25) is 10.0 Å². The van der Waals surface area contributed by atoms with E-state index in [2.05, 4.69) is 9.62 Å². The SMILES string of the molecule is NNC(=O)c1ccc(S(=O)(=O)NCCCN2CCOCC2)cc1. The Hall–Kier alpha value is -1.52. The number of hydrogen-bond donors (Lipinski definition) is 3. The van der Waals surface area contributed by atoms with E-state index in [9.17, 15) is 13.2 Å². The number of hydrazine groups is 1. The van der Waals surface area contributed by atoms with Gasteiger partial charge in [-0.3, -0.25) is 15.1 Å². The van der Waals surface area contributed by atoms with E-state index >= 15 is 0 Å². The molecule has 0 bridgehead atoms. The second-order valence-corrected chi connectivity index (χ2v) is 6.97. The molecule has 0 radical (unpaired) electrons. The quantitative estimate of drug-likeness (QED) is 0.261. The highest BCUT2D eigenvalue weighted by Crippen LogP contribution is 2.10. The summed E-state index contributed by atoms with van der Waals surface area (Å²) >= 11 is 0. The van der Waals surface area contributed by atoms with Crippen molar-refractivity contribution < 1.29 is 17.9 Å². The molecule has 1 fully saturated rings. The normalized spacial score (nSPS) is 16.2. The minimum absolute atomic E-state index is 0.123. The maximum Gasteiger partial charge on any atom is 0.265 e. The highest BCUT2D eigenvalue weighted by molar-refractivity contribution is 7.89. The number of sulfonamides is 1. The fourth-order valence-electron chi connectivity index (χ4n) is 2.29. The summed E-state index contributed by atoms with van der Waals surface area (Å²) in [5.74, 6) is 4.56. The molecule has 1 aromatic rings. The van der Waals surface area contributed by atoms with Gasteiger partial charge in [-0.05, 0) is 37.2 Å². The van der Waals surface area contributed by atoms with Crippen LogP contribution < -0.4 is 16.0 Å². The Kier molecular flexibility index (Phi) is 6.48. The van der Waals surface area contributed by atoms with Gasteiger partial charge < -0.3 is 4.74 Å². The lowest BCUT2D eigenvalue weighted by Crippen LogP contribution is -2.38. The molecule has 1 aliphatic heterocycles. The first-order chi connectivity index (χ1) is 11.0. The third kappa shape index (κ3) is 5.26. The van der Waals surface area contributed by atoms with Crippen LogP contribution in [0.3, 0.4) is 0 Å². The van der Waals surface area contributed by atoms with E-state index in [1.807, 2.05) is 5.43 Å². The summed E-state index contributed by atoms with van der Waals surface area (Å²) < 4.78 is 32.2. The van der Waals surface area contributed by atoms with Gasteiger partial charge in [0, 0.05) is 25.2 Å². The van der Waals surface area contributed by atoms with E-state index in [4.69, 9.17) is 10.6 Å². The molecule has 0 saturated carbocycles. The molecule has 9 heteroatoms. The highest BCUT2D eigenvalue weighted by atomic mass is 32.2. The minimum atomic E-state index is -3.57. The van der Waals surface area contributed by atoms with Gasteiger partial charge in [-0.2, -0.15) is 0 Å². The molecule has 2 rings (SSSR count). The van der Waals surface area contributed by atoms with Gasteiger partial charge >= 0.3 is 0 Å². The van der Waals surface area contributed by atoms with Crippen molar-refractivity contribution >= 4 is 15.9 Å². The first-order valence-electron chi connectivity index (χ1n) is 7.44. The van der Waals surface area contributed by atoms with E-state index in [0.29, 0.717) is 12.1 Å². The van der Waals surface area contributed by atoms with Gasteiger partial charge in [-0.15, -0.1) is 0 Å². The Labute approximate surface area is 136 Å². The number of carbonyl (C=O) groups is 1. The lowest BCUT2D eigenvalue weighted by Gasteiger charge is -2.26. The van der Waals surface area contributed by atoms with E-state index < -0.39 is 15.9 Å². The zero-order valence-corrected chi connectivity index (χ0v) is 13.6. The topological polar surface area (TPSA) is 114 Å². The molecular weight excluding hydrogens is 320 g/mol. The van der Waals surface area contributed by atoms with Gasteiger partial charge in [-0.1, -0.05) is 0 Å².